The van der Waals surface area contributed by atoms with E-state index in [2.05, 4.69) is 26.5 Å². The molecular weight excluding hydrogens is 805 g/mol. The van der Waals surface area contributed by atoms with Crippen LogP contribution in [0.1, 0.15) is 148 Å². The normalized spacial score (nSPS) is 12.0. The van der Waals surface area contributed by atoms with Gasteiger partial charge in [0.15, 0.2) is 7.98 Å². The number of carboxylic acid groups (broad SMARTS) is 2. The molecule has 19 heteroatoms. The van der Waals surface area contributed by atoms with Crippen LogP contribution in [-0.2, 0) is 52.5 Å². The second-order valence-corrected chi connectivity index (χ2v) is 15.3. The first kappa shape index (κ1) is 58.4. The minimum absolute atomic E-state index is 0.0246. The number of hydrogen-bond acceptors (Lipinski definition) is 12. The molecule has 7 N–H and O–H groups in total. The van der Waals surface area contributed by atoms with E-state index in [1.807, 2.05) is 0 Å². The highest BCUT2D eigenvalue weighted by molar-refractivity contribution is 6.05. The van der Waals surface area contributed by atoms with E-state index < -0.39 is 18.0 Å². The van der Waals surface area contributed by atoms with Crippen molar-refractivity contribution in [1.29, 1.82) is 0 Å². The van der Waals surface area contributed by atoms with Gasteiger partial charge in [-0.15, -0.1) is 0 Å². The molecule has 0 fully saturated rings. The van der Waals surface area contributed by atoms with Crippen LogP contribution < -0.4 is 26.5 Å². The molecule has 0 aromatic rings. The number of aliphatic carboxylic acids is 2. The van der Waals surface area contributed by atoms with Gasteiger partial charge < -0.3 is 60.4 Å². The minimum Gasteiger partial charge on any atom is -0.481 e. The summed E-state index contributed by atoms with van der Waals surface area (Å²) in [5.74, 6) is -3.13. The van der Waals surface area contributed by atoms with Gasteiger partial charge >= 0.3 is 11.9 Å². The standard InChI is InChI=1S/C43H78BN5O13/c44-49-36(33-50)19-17-18-24-45-40(53)34-61-31-30-60-28-26-47-41(54)35-62-32-29-59-27-25-46-38(51)23-22-37(43(57)58)48-39(52)20-15-13-11-9-7-5-3-1-2-4-6-8-10-12-14-16-21-42(55)56/h33,36-37,49H,1-32,34-35H2,(H,45,53)(H,46,51)(H,47,54)(H,48,52)(H,55,56)(H,57,58). The molecule has 2 atom stereocenters. The summed E-state index contributed by atoms with van der Waals surface area (Å²) in [6.45, 7) is 2.00. The lowest BCUT2D eigenvalue weighted by atomic mass is 10.0. The third kappa shape index (κ3) is 41.7. The van der Waals surface area contributed by atoms with Crippen molar-refractivity contribution in [1.82, 2.24) is 26.5 Å². The van der Waals surface area contributed by atoms with Crippen LogP contribution in [-0.4, -0.2) is 145 Å². The molecule has 0 spiro atoms. The third-order valence-corrected chi connectivity index (χ3v) is 9.83. The molecule has 0 aromatic heterocycles. The first-order valence-corrected chi connectivity index (χ1v) is 22.9. The summed E-state index contributed by atoms with van der Waals surface area (Å²) in [6, 6.07) is -1.52. The first-order chi connectivity index (χ1) is 30.1. The zero-order valence-electron chi connectivity index (χ0n) is 37.2. The lowest BCUT2D eigenvalue weighted by Gasteiger charge is -2.14. The Labute approximate surface area is 370 Å². The maximum Gasteiger partial charge on any atom is 0.326 e. The molecule has 2 unspecified atom stereocenters. The zero-order chi connectivity index (χ0) is 45.7. The summed E-state index contributed by atoms with van der Waals surface area (Å²) in [6.07, 6.45) is 21.1. The van der Waals surface area contributed by atoms with Crippen molar-refractivity contribution in [3.05, 3.63) is 0 Å². The summed E-state index contributed by atoms with van der Waals surface area (Å²) in [5, 5.41) is 31.2. The van der Waals surface area contributed by atoms with Crippen LogP contribution in [0.15, 0.2) is 0 Å². The number of rotatable bonds is 47. The molecule has 4 amide bonds. The fourth-order valence-corrected chi connectivity index (χ4v) is 6.23. The summed E-state index contributed by atoms with van der Waals surface area (Å²) in [7, 11) is 5.23. The van der Waals surface area contributed by atoms with Crippen LogP contribution >= 0.6 is 0 Å². The Bertz CT molecular complexity index is 1190. The van der Waals surface area contributed by atoms with Crippen LogP contribution in [0.25, 0.3) is 0 Å². The van der Waals surface area contributed by atoms with Crippen molar-refractivity contribution in [2.45, 2.75) is 160 Å². The number of amides is 4. The third-order valence-electron chi connectivity index (χ3n) is 9.83. The number of carbonyl (C=O) groups is 7. The highest BCUT2D eigenvalue weighted by atomic mass is 16.5. The van der Waals surface area contributed by atoms with Gasteiger partial charge in [0.25, 0.3) is 0 Å². The Kier molecular flexibility index (Phi) is 41.4. The monoisotopic (exact) mass is 884 g/mol. The molecule has 356 valence electrons. The number of unbranched alkanes of at least 4 members (excludes halogenated alkanes) is 16. The molecule has 0 aliphatic rings. The van der Waals surface area contributed by atoms with Crippen molar-refractivity contribution in [2.24, 2.45) is 0 Å². The average molecular weight is 884 g/mol. The lowest BCUT2D eigenvalue weighted by Crippen LogP contribution is -2.41. The summed E-state index contributed by atoms with van der Waals surface area (Å²) in [5.41, 5.74) is 0. The Balaban J connectivity index is 3.63. The molecule has 62 heavy (non-hydrogen) atoms. The van der Waals surface area contributed by atoms with Gasteiger partial charge in [-0.05, 0) is 38.5 Å². The lowest BCUT2D eigenvalue weighted by molar-refractivity contribution is -0.142. The Morgan fingerprint density at radius 1 is 0.468 bits per heavy atom. The summed E-state index contributed by atoms with van der Waals surface area (Å²) < 4.78 is 21.3. The van der Waals surface area contributed by atoms with Gasteiger partial charge in [-0.3, -0.25) is 24.0 Å². The molecule has 0 saturated heterocycles. The summed E-state index contributed by atoms with van der Waals surface area (Å²) >= 11 is 0. The van der Waals surface area contributed by atoms with E-state index >= 15 is 0 Å². The Morgan fingerprint density at radius 2 is 0.903 bits per heavy atom. The van der Waals surface area contributed by atoms with Crippen molar-refractivity contribution in [3.63, 3.8) is 0 Å². The molecule has 0 aliphatic heterocycles. The van der Waals surface area contributed by atoms with Gasteiger partial charge in [0.1, 0.15) is 25.5 Å². The average Bonchev–Trinajstić information content (AvgIpc) is 3.24. The smallest absolute Gasteiger partial charge is 0.326 e. The minimum atomic E-state index is -1.18. The van der Waals surface area contributed by atoms with Gasteiger partial charge in [0.05, 0.1) is 45.7 Å². The van der Waals surface area contributed by atoms with Gasteiger partial charge in [-0.1, -0.05) is 89.9 Å². The molecule has 2 radical (unpaired) electrons. The predicted octanol–water partition coefficient (Wildman–Crippen LogP) is 3.27. The number of hydrogen-bond donors (Lipinski definition) is 7. The van der Waals surface area contributed by atoms with E-state index in [0.717, 1.165) is 51.2 Å². The van der Waals surface area contributed by atoms with E-state index in [9.17, 15) is 38.7 Å². The van der Waals surface area contributed by atoms with Crippen molar-refractivity contribution >= 4 is 49.8 Å². The maximum atomic E-state index is 12.3. The number of nitrogens with one attached hydrogen (secondary N) is 5. The van der Waals surface area contributed by atoms with E-state index in [1.165, 1.54) is 57.8 Å². The van der Waals surface area contributed by atoms with Crippen LogP contribution in [0.2, 0.25) is 0 Å². The topological polar surface area (TPSA) is 257 Å². The van der Waals surface area contributed by atoms with Crippen LogP contribution in [0, 0.1) is 0 Å². The maximum absolute atomic E-state index is 12.3. The molecule has 18 nitrogen and oxygen atoms in total. The largest absolute Gasteiger partial charge is 0.481 e. The molecule has 0 saturated carbocycles. The SMILES string of the molecule is [B]NC(C=O)CCCCNC(=O)COCCOCCNC(=O)COCCOCCNC(=O)CCC(NC(=O)CCCCCCCCCCCCCCCCCCC(=O)O)C(=O)O. The number of carbonyl (C=O) groups excluding carboxylic acids is 5. The van der Waals surface area contributed by atoms with Gasteiger partial charge in [-0.25, -0.2) is 4.79 Å². The van der Waals surface area contributed by atoms with Gasteiger partial charge in [0, 0.05) is 38.9 Å². The Hall–Kier alpha value is -3.65. The van der Waals surface area contributed by atoms with E-state index in [4.69, 9.17) is 32.0 Å². The van der Waals surface area contributed by atoms with Crippen molar-refractivity contribution in [2.75, 3.05) is 72.5 Å². The van der Waals surface area contributed by atoms with Crippen LogP contribution in [0.5, 0.6) is 0 Å². The second-order valence-electron chi connectivity index (χ2n) is 15.3. The van der Waals surface area contributed by atoms with Crippen LogP contribution in [0.3, 0.4) is 0 Å². The molecule has 0 aliphatic carbocycles. The number of aldehydes is 1. The van der Waals surface area contributed by atoms with Crippen LogP contribution in [0.4, 0.5) is 0 Å². The highest BCUT2D eigenvalue weighted by Gasteiger charge is 2.21. The molecule has 0 aromatic carbocycles. The molecule has 0 heterocycles. The second kappa shape index (κ2) is 44.0. The molecule has 0 rings (SSSR count). The Morgan fingerprint density at radius 3 is 1.35 bits per heavy atom. The van der Waals surface area contributed by atoms with Gasteiger partial charge in [-0.2, -0.15) is 0 Å². The van der Waals surface area contributed by atoms with Crippen molar-refractivity contribution < 1.29 is 62.7 Å². The predicted molar refractivity (Wildman–Crippen MR) is 234 cm³/mol. The fraction of sp³-hybridized carbons (Fsp3) is 0.837. The zero-order valence-corrected chi connectivity index (χ0v) is 37.2. The fourth-order valence-electron chi connectivity index (χ4n) is 6.23. The molecular formula is C43H78BN5O13. The molecule has 0 bridgehead atoms. The summed E-state index contributed by atoms with van der Waals surface area (Å²) in [4.78, 5) is 81.1. The van der Waals surface area contributed by atoms with Gasteiger partial charge in [0.2, 0.25) is 23.6 Å². The number of carboxylic acids is 2. The van der Waals surface area contributed by atoms with E-state index in [-0.39, 0.29) is 121 Å². The quantitative estimate of drug-likeness (QED) is 0.0263. The highest BCUT2D eigenvalue weighted by Crippen LogP contribution is 2.14. The van der Waals surface area contributed by atoms with E-state index in [1.54, 1.807) is 0 Å². The first-order valence-electron chi connectivity index (χ1n) is 22.9. The van der Waals surface area contributed by atoms with E-state index in [0.29, 0.717) is 25.8 Å². The number of ether oxygens (including phenoxy) is 4. The van der Waals surface area contributed by atoms with Crippen molar-refractivity contribution in [3.8, 4) is 0 Å².